The largest absolute Gasteiger partial charge is 0.453 e. The highest BCUT2D eigenvalue weighted by Gasteiger charge is 2.34. The molecule has 0 bridgehead atoms. The Hall–Kier alpha value is -1.72. The number of alkyl carbamates (subject to hydrolysis) is 1. The lowest BCUT2D eigenvalue weighted by molar-refractivity contribution is -0.134. The number of rotatable bonds is 5. The number of hydrogen-bond donors (Lipinski definition) is 1. The van der Waals surface area contributed by atoms with Crippen LogP contribution in [0.3, 0.4) is 0 Å². The van der Waals surface area contributed by atoms with E-state index in [0.717, 1.165) is 12.8 Å². The third-order valence-electron chi connectivity index (χ3n) is 3.53. The molecule has 5 nitrogen and oxygen atoms in total. The highest BCUT2D eigenvalue weighted by molar-refractivity contribution is 6.17. The minimum absolute atomic E-state index is 0.00855. The monoisotopic (exact) mass is 290 g/mol. The summed E-state index contributed by atoms with van der Waals surface area (Å²) in [6.07, 6.45) is 6.82. The first-order valence-corrected chi connectivity index (χ1v) is 7.21. The Morgan fingerprint density at radius 3 is 2.67 bits per heavy atom. The minimum atomic E-state index is -0.584. The van der Waals surface area contributed by atoms with Gasteiger partial charge in [-0.3, -0.25) is 4.79 Å². The van der Waals surface area contributed by atoms with Crippen LogP contribution in [0.1, 0.15) is 26.7 Å². The van der Waals surface area contributed by atoms with Crippen molar-refractivity contribution in [2.75, 3.05) is 13.7 Å². The van der Waals surface area contributed by atoms with Crippen LogP contribution in [-0.2, 0) is 9.53 Å². The van der Waals surface area contributed by atoms with Crippen molar-refractivity contribution in [3.63, 3.8) is 0 Å². The van der Waals surface area contributed by atoms with E-state index >= 15 is 0 Å². The zero-order valence-electron chi connectivity index (χ0n) is 12.9. The number of carbonyl (C=O) groups excluding carboxylic acids is 2. The summed E-state index contributed by atoms with van der Waals surface area (Å²) in [7, 11) is 6.58. The fraction of sp³-hybridized carbons (Fsp3) is 0.600. The first-order chi connectivity index (χ1) is 10.0. The molecule has 0 aromatic carbocycles. The summed E-state index contributed by atoms with van der Waals surface area (Å²) in [4.78, 5) is 25.9. The molecule has 1 aliphatic rings. The number of nitrogens with one attached hydrogen (secondary N) is 1. The minimum Gasteiger partial charge on any atom is -0.453 e. The summed E-state index contributed by atoms with van der Waals surface area (Å²) in [6, 6.07) is -0.522. The van der Waals surface area contributed by atoms with Crippen LogP contribution >= 0.6 is 0 Å². The van der Waals surface area contributed by atoms with Gasteiger partial charge in [0.2, 0.25) is 5.91 Å². The van der Waals surface area contributed by atoms with Gasteiger partial charge in [-0.25, -0.2) is 4.79 Å². The molecule has 114 valence electrons. The van der Waals surface area contributed by atoms with Gasteiger partial charge in [0.05, 0.1) is 13.2 Å². The van der Waals surface area contributed by atoms with Gasteiger partial charge in [0.1, 0.15) is 13.9 Å². The van der Waals surface area contributed by atoms with Crippen molar-refractivity contribution in [1.82, 2.24) is 10.2 Å². The van der Waals surface area contributed by atoms with Crippen LogP contribution in [0.5, 0.6) is 0 Å². The van der Waals surface area contributed by atoms with Crippen LogP contribution in [0.15, 0.2) is 24.2 Å². The molecule has 1 aliphatic heterocycles. The highest BCUT2D eigenvalue weighted by Crippen LogP contribution is 2.21. The van der Waals surface area contributed by atoms with E-state index in [2.05, 4.69) is 10.1 Å². The van der Waals surface area contributed by atoms with Gasteiger partial charge in [-0.2, -0.15) is 0 Å². The summed E-state index contributed by atoms with van der Waals surface area (Å²) in [6.45, 7) is 4.50. The van der Waals surface area contributed by atoms with Gasteiger partial charge in [-0.1, -0.05) is 32.1 Å². The van der Waals surface area contributed by atoms with Gasteiger partial charge in [-0.05, 0) is 18.8 Å². The Kier molecular flexibility index (Phi) is 7.05. The molecule has 0 saturated carbocycles. The molecular weight excluding hydrogens is 267 g/mol. The van der Waals surface area contributed by atoms with Crippen LogP contribution in [0.4, 0.5) is 4.79 Å². The van der Waals surface area contributed by atoms with E-state index in [0.29, 0.717) is 6.54 Å². The molecule has 2 atom stereocenters. The molecule has 2 amide bonds. The molecule has 0 unspecified atom stereocenters. The molecule has 0 aliphatic carbocycles. The van der Waals surface area contributed by atoms with Gasteiger partial charge < -0.3 is 15.0 Å². The smallest absolute Gasteiger partial charge is 0.407 e. The van der Waals surface area contributed by atoms with Crippen LogP contribution < -0.4 is 5.32 Å². The number of methoxy groups -OCH3 is 1. The molecule has 1 fully saturated rings. The molecule has 1 heterocycles. The van der Waals surface area contributed by atoms with Gasteiger partial charge in [-0.15, -0.1) is 5.98 Å². The van der Waals surface area contributed by atoms with Crippen LogP contribution in [-0.4, -0.2) is 50.5 Å². The van der Waals surface area contributed by atoms with E-state index in [1.807, 2.05) is 30.9 Å². The Labute approximate surface area is 127 Å². The lowest BCUT2D eigenvalue weighted by atomic mass is 10.0. The molecule has 1 N–H and O–H groups in total. The van der Waals surface area contributed by atoms with Crippen LogP contribution in [0.25, 0.3) is 0 Å². The second-order valence-corrected chi connectivity index (χ2v) is 5.37. The number of allylic oxidation sites excluding steroid dienone is 2. The van der Waals surface area contributed by atoms with E-state index in [1.54, 1.807) is 6.08 Å². The van der Waals surface area contributed by atoms with Crippen molar-refractivity contribution in [3.05, 3.63) is 24.2 Å². The summed E-state index contributed by atoms with van der Waals surface area (Å²) in [5.41, 5.74) is 0. The van der Waals surface area contributed by atoms with Gasteiger partial charge in [0, 0.05) is 6.54 Å². The third kappa shape index (κ3) is 4.95. The van der Waals surface area contributed by atoms with Crippen molar-refractivity contribution in [2.24, 2.45) is 5.92 Å². The number of amides is 2. The number of ether oxygens (including phenoxy) is 1. The number of nitrogens with zero attached hydrogens (tertiary/aromatic N) is 1. The van der Waals surface area contributed by atoms with E-state index in [9.17, 15) is 9.59 Å². The molecule has 1 saturated heterocycles. The Morgan fingerprint density at radius 1 is 1.38 bits per heavy atom. The number of likely N-dealkylation sites (tertiary alicyclic amines) is 1. The quantitative estimate of drug-likeness (QED) is 0.618. The fourth-order valence-corrected chi connectivity index (χ4v) is 2.40. The normalized spacial score (nSPS) is 20.4. The summed E-state index contributed by atoms with van der Waals surface area (Å²) in [5, 5.41) is 2.62. The van der Waals surface area contributed by atoms with E-state index in [-0.39, 0.29) is 17.9 Å². The number of hydrogen-bond acceptors (Lipinski definition) is 3. The molecule has 21 heavy (non-hydrogen) atoms. The van der Waals surface area contributed by atoms with Crippen LogP contribution in [0, 0.1) is 5.92 Å². The van der Waals surface area contributed by atoms with Gasteiger partial charge in [0.15, 0.2) is 0 Å². The fourth-order valence-electron chi connectivity index (χ4n) is 2.40. The van der Waals surface area contributed by atoms with E-state index in [1.165, 1.54) is 13.1 Å². The zero-order valence-corrected chi connectivity index (χ0v) is 12.9. The molecule has 2 radical (unpaired) electrons. The Balaban J connectivity index is 2.79. The predicted molar refractivity (Wildman–Crippen MR) is 82.9 cm³/mol. The Morgan fingerprint density at radius 2 is 2.10 bits per heavy atom. The third-order valence-corrected chi connectivity index (χ3v) is 3.53. The second-order valence-electron chi connectivity index (χ2n) is 5.37. The predicted octanol–water partition coefficient (Wildman–Crippen LogP) is 1.60. The molecule has 0 spiro atoms. The molecular formula is C15H23BN2O3. The summed E-state index contributed by atoms with van der Waals surface area (Å²) < 4.78 is 4.59. The first kappa shape index (κ1) is 17.3. The van der Waals surface area contributed by atoms with E-state index in [4.69, 9.17) is 7.85 Å². The maximum Gasteiger partial charge on any atom is 0.407 e. The summed E-state index contributed by atoms with van der Waals surface area (Å²) in [5.74, 6) is 1.37. The van der Waals surface area contributed by atoms with Crippen molar-refractivity contribution in [2.45, 2.75) is 38.8 Å². The first-order valence-electron chi connectivity index (χ1n) is 7.21. The standard InChI is InChI=1S/C15H23BN2O3/c1-11(2)13(17-15(20)21-3)14(19)18-10-6-8-12(18)7-4-5-9-16/h4-5,7,9,11-13H,6,8,10H2,1-3H3,(H,17,20)/t12-,13-/m0/s1. The van der Waals surface area contributed by atoms with Crippen molar-refractivity contribution >= 4 is 19.8 Å². The molecule has 6 heteroatoms. The Bertz CT molecular complexity index is 421. The van der Waals surface area contributed by atoms with E-state index < -0.39 is 12.1 Å². The highest BCUT2D eigenvalue weighted by atomic mass is 16.5. The van der Waals surface area contributed by atoms with Crippen molar-refractivity contribution < 1.29 is 14.3 Å². The number of carbonyl (C=O) groups is 2. The summed E-state index contributed by atoms with van der Waals surface area (Å²) >= 11 is 0. The lowest BCUT2D eigenvalue weighted by Crippen LogP contribution is -2.52. The van der Waals surface area contributed by atoms with Gasteiger partial charge in [0.25, 0.3) is 0 Å². The van der Waals surface area contributed by atoms with Gasteiger partial charge >= 0.3 is 6.09 Å². The molecule has 0 aromatic heterocycles. The second kappa shape index (κ2) is 8.54. The van der Waals surface area contributed by atoms with Crippen molar-refractivity contribution in [3.8, 4) is 0 Å². The maximum absolute atomic E-state index is 12.7. The SMILES string of the molecule is [B]C=CC=C[C@H]1CCCN1C(=O)[C@@H](NC(=O)OC)C(C)C. The topological polar surface area (TPSA) is 58.6 Å². The average Bonchev–Trinajstić information content (AvgIpc) is 2.92. The zero-order chi connectivity index (χ0) is 15.8. The van der Waals surface area contributed by atoms with Crippen molar-refractivity contribution in [1.29, 1.82) is 0 Å². The molecule has 1 rings (SSSR count). The maximum atomic E-state index is 12.7. The lowest BCUT2D eigenvalue weighted by Gasteiger charge is -2.29. The average molecular weight is 290 g/mol. The van der Waals surface area contributed by atoms with Crippen LogP contribution in [0.2, 0.25) is 0 Å². The molecule has 0 aromatic rings.